The van der Waals surface area contributed by atoms with Gasteiger partial charge in [0.15, 0.2) is 0 Å². The molecule has 274 valence electrons. The zero-order valence-corrected chi connectivity index (χ0v) is 30.8. The second-order valence-electron chi connectivity index (χ2n) is 14.5. The standard InChI is InChI=1S/C41H48N4O7/c1-40(2,3)51-38(47)44-24-22-43(23-25-44)36(46)27-45(39(48)52-41(4,5)6)33-19-13-18-32(26-33)34-20-21-35(49-28-30-14-9-7-10-15-30)42-37(34)50-29-31-16-11-8-12-17-31/h7-21,26H,22-25,27-29H2,1-6H3. The van der Waals surface area contributed by atoms with E-state index in [1.807, 2.05) is 106 Å². The summed E-state index contributed by atoms with van der Waals surface area (Å²) in [6, 6.07) is 30.6. The van der Waals surface area contributed by atoms with Crippen LogP contribution in [0.15, 0.2) is 97.1 Å². The van der Waals surface area contributed by atoms with E-state index in [0.717, 1.165) is 16.7 Å². The van der Waals surface area contributed by atoms with Crippen molar-refractivity contribution in [1.29, 1.82) is 0 Å². The molecule has 0 radical (unpaired) electrons. The third-order valence-corrected chi connectivity index (χ3v) is 7.94. The van der Waals surface area contributed by atoms with Crippen molar-refractivity contribution in [3.8, 4) is 22.9 Å². The monoisotopic (exact) mass is 708 g/mol. The van der Waals surface area contributed by atoms with Crippen molar-refractivity contribution >= 4 is 23.8 Å². The van der Waals surface area contributed by atoms with Crippen LogP contribution >= 0.6 is 0 Å². The number of carbonyl (C=O) groups excluding carboxylic acids is 3. The minimum atomic E-state index is -0.799. The Morgan fingerprint density at radius 3 is 1.85 bits per heavy atom. The Balaban J connectivity index is 1.39. The molecular weight excluding hydrogens is 660 g/mol. The van der Waals surface area contributed by atoms with Crippen molar-refractivity contribution in [2.45, 2.75) is 66.0 Å². The molecule has 3 aromatic carbocycles. The van der Waals surface area contributed by atoms with Crippen molar-refractivity contribution < 1.29 is 33.3 Å². The molecule has 0 N–H and O–H groups in total. The first kappa shape index (κ1) is 37.7. The molecule has 4 aromatic rings. The normalized spacial score (nSPS) is 13.3. The number of rotatable bonds is 10. The Morgan fingerprint density at radius 1 is 0.673 bits per heavy atom. The van der Waals surface area contributed by atoms with E-state index in [-0.39, 0.29) is 19.1 Å². The largest absolute Gasteiger partial charge is 0.473 e. The number of piperazine rings is 1. The van der Waals surface area contributed by atoms with E-state index in [0.29, 0.717) is 55.8 Å². The van der Waals surface area contributed by atoms with Crippen LogP contribution in [0.1, 0.15) is 52.7 Å². The zero-order valence-electron chi connectivity index (χ0n) is 30.8. The number of aromatic nitrogens is 1. The molecule has 0 saturated carbocycles. The Kier molecular flexibility index (Phi) is 12.0. The Bertz CT molecular complexity index is 1810. The Morgan fingerprint density at radius 2 is 1.25 bits per heavy atom. The molecule has 1 aliphatic rings. The summed E-state index contributed by atoms with van der Waals surface area (Å²) in [7, 11) is 0. The average Bonchev–Trinajstić information content (AvgIpc) is 3.11. The van der Waals surface area contributed by atoms with Gasteiger partial charge in [0.1, 0.15) is 31.0 Å². The van der Waals surface area contributed by atoms with Gasteiger partial charge in [-0.1, -0.05) is 72.8 Å². The molecule has 0 unspecified atom stereocenters. The summed E-state index contributed by atoms with van der Waals surface area (Å²) in [6.07, 6.45) is -1.07. The van der Waals surface area contributed by atoms with Crippen molar-refractivity contribution in [3.63, 3.8) is 0 Å². The lowest BCUT2D eigenvalue weighted by Gasteiger charge is -2.36. The van der Waals surface area contributed by atoms with Crippen molar-refractivity contribution in [2.75, 3.05) is 37.6 Å². The van der Waals surface area contributed by atoms with E-state index in [4.69, 9.17) is 23.9 Å². The molecule has 5 rings (SSSR count). The molecule has 0 bridgehead atoms. The van der Waals surface area contributed by atoms with Gasteiger partial charge < -0.3 is 28.7 Å². The van der Waals surface area contributed by atoms with Gasteiger partial charge in [-0.05, 0) is 76.4 Å². The van der Waals surface area contributed by atoms with E-state index < -0.39 is 23.4 Å². The molecule has 2 heterocycles. The molecule has 11 nitrogen and oxygen atoms in total. The van der Waals surface area contributed by atoms with Gasteiger partial charge in [0.25, 0.3) is 0 Å². The van der Waals surface area contributed by atoms with E-state index in [9.17, 15) is 14.4 Å². The van der Waals surface area contributed by atoms with Crippen LogP contribution in [0, 0.1) is 0 Å². The lowest BCUT2D eigenvalue weighted by Crippen LogP contribution is -2.54. The molecule has 3 amide bonds. The SMILES string of the molecule is CC(C)(C)OC(=O)N1CCN(C(=O)CN(C(=O)OC(C)(C)C)c2cccc(-c3ccc(OCc4ccccc4)nc3OCc3ccccc3)c2)CC1. The van der Waals surface area contributed by atoms with E-state index >= 15 is 0 Å². The number of anilines is 1. The number of amides is 3. The van der Waals surface area contributed by atoms with Gasteiger partial charge in [0, 0.05) is 43.5 Å². The quantitative estimate of drug-likeness (QED) is 0.165. The van der Waals surface area contributed by atoms with Gasteiger partial charge in [-0.3, -0.25) is 9.69 Å². The Hall–Kier alpha value is -5.58. The first-order valence-corrected chi connectivity index (χ1v) is 17.5. The highest BCUT2D eigenvalue weighted by Crippen LogP contribution is 2.34. The second kappa shape index (κ2) is 16.6. The molecule has 52 heavy (non-hydrogen) atoms. The lowest BCUT2D eigenvalue weighted by molar-refractivity contribution is -0.131. The summed E-state index contributed by atoms with van der Waals surface area (Å²) in [5, 5.41) is 0. The minimum Gasteiger partial charge on any atom is -0.473 e. The molecule has 1 aromatic heterocycles. The van der Waals surface area contributed by atoms with Crippen LogP contribution in [0.4, 0.5) is 15.3 Å². The maximum Gasteiger partial charge on any atom is 0.415 e. The third kappa shape index (κ3) is 11.0. The molecule has 0 aliphatic carbocycles. The van der Waals surface area contributed by atoms with Crippen LogP contribution in [0.5, 0.6) is 11.8 Å². The second-order valence-corrected chi connectivity index (χ2v) is 14.5. The summed E-state index contributed by atoms with van der Waals surface area (Å²) < 4.78 is 23.6. The van der Waals surface area contributed by atoms with Gasteiger partial charge >= 0.3 is 12.2 Å². The topological polar surface area (TPSA) is 111 Å². The third-order valence-electron chi connectivity index (χ3n) is 7.94. The van der Waals surface area contributed by atoms with Crippen LogP contribution < -0.4 is 14.4 Å². The number of benzene rings is 3. The summed E-state index contributed by atoms with van der Waals surface area (Å²) in [4.78, 5) is 49.3. The van der Waals surface area contributed by atoms with E-state index in [2.05, 4.69) is 0 Å². The number of hydrogen-bond acceptors (Lipinski definition) is 8. The van der Waals surface area contributed by atoms with Gasteiger partial charge in [-0.2, -0.15) is 4.98 Å². The fourth-order valence-corrected chi connectivity index (χ4v) is 5.41. The molecule has 1 saturated heterocycles. The van der Waals surface area contributed by atoms with Gasteiger partial charge in [-0.15, -0.1) is 0 Å². The van der Waals surface area contributed by atoms with Gasteiger partial charge in [0.2, 0.25) is 17.7 Å². The van der Waals surface area contributed by atoms with Gasteiger partial charge in [-0.25, -0.2) is 9.59 Å². The molecule has 0 spiro atoms. The number of nitrogens with zero attached hydrogens (tertiary/aromatic N) is 4. The first-order valence-electron chi connectivity index (χ1n) is 17.5. The first-order chi connectivity index (χ1) is 24.7. The summed E-state index contributed by atoms with van der Waals surface area (Å²) >= 11 is 0. The maximum absolute atomic E-state index is 13.7. The van der Waals surface area contributed by atoms with Crippen molar-refractivity contribution in [2.24, 2.45) is 0 Å². The van der Waals surface area contributed by atoms with Crippen LogP contribution in [0.2, 0.25) is 0 Å². The van der Waals surface area contributed by atoms with E-state index in [1.54, 1.807) is 42.7 Å². The molecule has 1 aliphatic heterocycles. The van der Waals surface area contributed by atoms with Crippen LogP contribution in [0.25, 0.3) is 11.1 Å². The average molecular weight is 709 g/mol. The number of pyridine rings is 1. The predicted molar refractivity (Wildman–Crippen MR) is 199 cm³/mol. The van der Waals surface area contributed by atoms with Crippen molar-refractivity contribution in [1.82, 2.24) is 14.8 Å². The highest BCUT2D eigenvalue weighted by atomic mass is 16.6. The van der Waals surface area contributed by atoms with Gasteiger partial charge in [0.05, 0.1) is 0 Å². The summed E-state index contributed by atoms with van der Waals surface area (Å²) in [6.45, 7) is 12.4. The molecule has 0 atom stereocenters. The number of carbonyl (C=O) groups is 3. The Labute approximate surface area is 306 Å². The molecule has 1 fully saturated rings. The highest BCUT2D eigenvalue weighted by molar-refractivity contribution is 5.96. The van der Waals surface area contributed by atoms with E-state index in [1.165, 1.54) is 4.90 Å². The van der Waals surface area contributed by atoms with Crippen LogP contribution in [-0.4, -0.2) is 76.8 Å². The molecule has 11 heteroatoms. The smallest absolute Gasteiger partial charge is 0.415 e. The fraction of sp³-hybridized carbons (Fsp3) is 0.366. The lowest BCUT2D eigenvalue weighted by atomic mass is 10.1. The van der Waals surface area contributed by atoms with Crippen LogP contribution in [-0.2, 0) is 27.5 Å². The number of hydrogen-bond donors (Lipinski definition) is 0. The fourth-order valence-electron chi connectivity index (χ4n) is 5.41. The molecular formula is C41H48N4O7. The summed E-state index contributed by atoms with van der Waals surface area (Å²) in [5.41, 5.74) is 2.43. The predicted octanol–water partition coefficient (Wildman–Crippen LogP) is 7.73. The number of ether oxygens (including phenoxy) is 4. The maximum atomic E-state index is 13.7. The summed E-state index contributed by atoms with van der Waals surface area (Å²) in [5.74, 6) is 0.488. The zero-order chi connectivity index (χ0) is 37.3. The highest BCUT2D eigenvalue weighted by Gasteiger charge is 2.31. The minimum absolute atomic E-state index is 0.257. The van der Waals surface area contributed by atoms with Crippen LogP contribution in [0.3, 0.4) is 0 Å². The van der Waals surface area contributed by atoms with Crippen molar-refractivity contribution in [3.05, 3.63) is 108 Å².